The Morgan fingerprint density at radius 1 is 1.18 bits per heavy atom. The second kappa shape index (κ2) is 6.30. The van der Waals surface area contributed by atoms with E-state index >= 15 is 0 Å². The predicted octanol–water partition coefficient (Wildman–Crippen LogP) is 5.41. The van der Waals surface area contributed by atoms with Gasteiger partial charge in [0, 0.05) is 27.2 Å². The highest BCUT2D eigenvalue weighted by Gasteiger charge is 2.08. The molecular weight excluding hydrogens is 316 g/mol. The normalized spacial score (nSPS) is 10.5. The van der Waals surface area contributed by atoms with Gasteiger partial charge in [0.25, 0.3) is 0 Å². The number of rotatable bonds is 4. The van der Waals surface area contributed by atoms with Crippen LogP contribution in [0.1, 0.15) is 17.3 Å². The van der Waals surface area contributed by atoms with Crippen LogP contribution in [0.5, 0.6) is 0 Å². The van der Waals surface area contributed by atoms with Crippen LogP contribution in [0.2, 0.25) is 5.02 Å². The minimum Gasteiger partial charge on any atom is -0.332 e. The van der Waals surface area contributed by atoms with Crippen molar-refractivity contribution in [2.45, 2.75) is 6.92 Å². The number of halogens is 1. The summed E-state index contributed by atoms with van der Waals surface area (Å²) in [7, 11) is 0. The molecule has 0 bridgehead atoms. The maximum absolute atomic E-state index is 11.4. The zero-order valence-electron chi connectivity index (χ0n) is 11.8. The van der Waals surface area contributed by atoms with Crippen LogP contribution in [0.15, 0.2) is 53.9 Å². The number of hydrogen-bond donors (Lipinski definition) is 1. The number of nitrogens with zero attached hydrogens (tertiary/aromatic N) is 1. The molecule has 0 atom stereocenters. The minimum atomic E-state index is 0.0412. The number of ketones is 1. The molecule has 5 heteroatoms. The Morgan fingerprint density at radius 3 is 2.77 bits per heavy atom. The van der Waals surface area contributed by atoms with Gasteiger partial charge < -0.3 is 5.32 Å². The van der Waals surface area contributed by atoms with E-state index in [1.165, 1.54) is 11.3 Å². The van der Waals surface area contributed by atoms with Gasteiger partial charge >= 0.3 is 0 Å². The van der Waals surface area contributed by atoms with Gasteiger partial charge in [0.1, 0.15) is 0 Å². The molecule has 0 fully saturated rings. The largest absolute Gasteiger partial charge is 0.332 e. The number of carbonyl (C=O) groups excluding carboxylic acids is 1. The molecule has 3 aromatic rings. The van der Waals surface area contributed by atoms with E-state index in [4.69, 9.17) is 11.6 Å². The summed E-state index contributed by atoms with van der Waals surface area (Å²) < 4.78 is 0. The molecule has 0 unspecified atom stereocenters. The molecule has 0 saturated heterocycles. The Balaban J connectivity index is 1.85. The van der Waals surface area contributed by atoms with Crippen molar-refractivity contribution in [1.29, 1.82) is 0 Å². The van der Waals surface area contributed by atoms with Crippen LogP contribution < -0.4 is 5.32 Å². The lowest BCUT2D eigenvalue weighted by Crippen LogP contribution is -1.95. The molecule has 0 radical (unpaired) electrons. The highest BCUT2D eigenvalue weighted by Crippen LogP contribution is 2.31. The third-order valence-electron chi connectivity index (χ3n) is 3.17. The van der Waals surface area contributed by atoms with Crippen molar-refractivity contribution in [3.8, 4) is 11.3 Å². The minimum absolute atomic E-state index is 0.0412. The van der Waals surface area contributed by atoms with Gasteiger partial charge in [-0.3, -0.25) is 4.79 Å². The van der Waals surface area contributed by atoms with Crippen LogP contribution in [-0.2, 0) is 0 Å². The van der Waals surface area contributed by atoms with E-state index in [-0.39, 0.29) is 5.78 Å². The summed E-state index contributed by atoms with van der Waals surface area (Å²) in [6.07, 6.45) is 0. The first-order valence-corrected chi connectivity index (χ1v) is 7.98. The van der Waals surface area contributed by atoms with E-state index in [1.54, 1.807) is 13.0 Å². The summed E-state index contributed by atoms with van der Waals surface area (Å²) in [5.41, 5.74) is 3.26. The number of nitrogens with one attached hydrogen (secondary N) is 1. The van der Waals surface area contributed by atoms with E-state index in [2.05, 4.69) is 10.3 Å². The fourth-order valence-electron chi connectivity index (χ4n) is 2.06. The molecule has 0 saturated carbocycles. The van der Waals surface area contributed by atoms with Crippen molar-refractivity contribution >= 4 is 39.5 Å². The maximum Gasteiger partial charge on any atom is 0.187 e. The number of anilines is 2. The number of carbonyl (C=O) groups is 1. The summed E-state index contributed by atoms with van der Waals surface area (Å²) in [4.78, 5) is 16.0. The topological polar surface area (TPSA) is 42.0 Å². The van der Waals surface area contributed by atoms with E-state index in [0.717, 1.165) is 22.1 Å². The standard InChI is InChI=1S/C17H13ClN2OS/c1-11(21)12-5-4-6-13(9-12)19-17-20-16(10-22-17)14-7-2-3-8-15(14)18/h2-10H,1H3,(H,19,20). The molecule has 110 valence electrons. The molecule has 0 aliphatic rings. The van der Waals surface area contributed by atoms with Gasteiger partial charge in [-0.1, -0.05) is 41.9 Å². The quantitative estimate of drug-likeness (QED) is 0.651. The average Bonchev–Trinajstić information content (AvgIpc) is 2.96. The third kappa shape index (κ3) is 3.18. The van der Waals surface area contributed by atoms with Crippen LogP contribution in [0, 0.1) is 0 Å². The van der Waals surface area contributed by atoms with Crippen molar-refractivity contribution in [3.05, 3.63) is 64.5 Å². The second-order valence-corrected chi connectivity index (χ2v) is 6.05. The van der Waals surface area contributed by atoms with Gasteiger partial charge in [-0.2, -0.15) is 0 Å². The molecule has 0 aliphatic heterocycles. The second-order valence-electron chi connectivity index (χ2n) is 4.78. The smallest absolute Gasteiger partial charge is 0.187 e. The lowest BCUT2D eigenvalue weighted by Gasteiger charge is -2.04. The van der Waals surface area contributed by atoms with Gasteiger partial charge in [-0.25, -0.2) is 4.98 Å². The highest BCUT2D eigenvalue weighted by atomic mass is 35.5. The Morgan fingerprint density at radius 2 is 2.00 bits per heavy atom. The Labute approximate surface area is 137 Å². The summed E-state index contributed by atoms with van der Waals surface area (Å²) in [6.45, 7) is 1.55. The molecule has 22 heavy (non-hydrogen) atoms. The van der Waals surface area contributed by atoms with Gasteiger partial charge in [-0.15, -0.1) is 11.3 Å². The molecule has 0 aliphatic carbocycles. The molecule has 1 heterocycles. The molecule has 3 rings (SSSR count). The van der Waals surface area contributed by atoms with Crippen molar-refractivity contribution < 1.29 is 4.79 Å². The zero-order chi connectivity index (χ0) is 15.5. The first kappa shape index (κ1) is 14.8. The van der Waals surface area contributed by atoms with Crippen molar-refractivity contribution in [1.82, 2.24) is 4.98 Å². The number of aromatic nitrogens is 1. The fourth-order valence-corrected chi connectivity index (χ4v) is 3.03. The van der Waals surface area contributed by atoms with Gasteiger partial charge in [0.15, 0.2) is 10.9 Å². The molecule has 0 amide bonds. The third-order valence-corrected chi connectivity index (χ3v) is 4.26. The first-order valence-electron chi connectivity index (χ1n) is 6.72. The van der Waals surface area contributed by atoms with E-state index in [9.17, 15) is 4.79 Å². The zero-order valence-corrected chi connectivity index (χ0v) is 13.4. The lowest BCUT2D eigenvalue weighted by atomic mass is 10.1. The molecule has 1 aromatic heterocycles. The molecule has 0 spiro atoms. The average molecular weight is 329 g/mol. The lowest BCUT2D eigenvalue weighted by molar-refractivity contribution is 0.101. The molecular formula is C17H13ClN2OS. The Hall–Kier alpha value is -2.17. The summed E-state index contributed by atoms with van der Waals surface area (Å²) in [5.74, 6) is 0.0412. The SMILES string of the molecule is CC(=O)c1cccc(Nc2nc(-c3ccccc3Cl)cs2)c1. The van der Waals surface area contributed by atoms with Crippen LogP contribution in [0.4, 0.5) is 10.8 Å². The van der Waals surface area contributed by atoms with Crippen molar-refractivity contribution in [3.63, 3.8) is 0 Å². The Kier molecular flexibility index (Phi) is 4.22. The highest BCUT2D eigenvalue weighted by molar-refractivity contribution is 7.14. The van der Waals surface area contributed by atoms with Crippen LogP contribution >= 0.6 is 22.9 Å². The number of benzene rings is 2. The van der Waals surface area contributed by atoms with E-state index in [0.29, 0.717) is 10.6 Å². The number of Topliss-reactive ketones (excluding diaryl/α,β-unsaturated/α-hetero) is 1. The fraction of sp³-hybridized carbons (Fsp3) is 0.0588. The first-order chi connectivity index (χ1) is 10.6. The summed E-state index contributed by atoms with van der Waals surface area (Å²) in [5, 5.41) is 6.62. The van der Waals surface area contributed by atoms with Gasteiger partial charge in [-0.05, 0) is 25.1 Å². The molecule has 1 N–H and O–H groups in total. The van der Waals surface area contributed by atoms with Gasteiger partial charge in [0.2, 0.25) is 0 Å². The summed E-state index contributed by atoms with van der Waals surface area (Å²) in [6, 6.07) is 15.0. The predicted molar refractivity (Wildman–Crippen MR) is 92.3 cm³/mol. The van der Waals surface area contributed by atoms with Crippen LogP contribution in [-0.4, -0.2) is 10.8 Å². The molecule has 3 nitrogen and oxygen atoms in total. The van der Waals surface area contributed by atoms with Crippen molar-refractivity contribution in [2.75, 3.05) is 5.32 Å². The monoisotopic (exact) mass is 328 g/mol. The number of thiazole rings is 1. The number of hydrogen-bond acceptors (Lipinski definition) is 4. The van der Waals surface area contributed by atoms with Crippen molar-refractivity contribution in [2.24, 2.45) is 0 Å². The summed E-state index contributed by atoms with van der Waals surface area (Å²) >= 11 is 7.69. The van der Waals surface area contributed by atoms with E-state index in [1.807, 2.05) is 47.8 Å². The maximum atomic E-state index is 11.4. The van der Waals surface area contributed by atoms with Crippen LogP contribution in [0.25, 0.3) is 11.3 Å². The van der Waals surface area contributed by atoms with Gasteiger partial charge in [0.05, 0.1) is 5.69 Å². The molecule has 2 aromatic carbocycles. The van der Waals surface area contributed by atoms with E-state index < -0.39 is 0 Å². The Bertz CT molecular complexity index is 829. The van der Waals surface area contributed by atoms with Crippen LogP contribution in [0.3, 0.4) is 0 Å².